The van der Waals surface area contributed by atoms with Gasteiger partial charge >= 0.3 is 0 Å². The lowest BCUT2D eigenvalue weighted by Crippen LogP contribution is -2.08. The second kappa shape index (κ2) is 7.71. The lowest BCUT2D eigenvalue weighted by Gasteiger charge is -2.20. The number of hydrogen-bond donors (Lipinski definition) is 0. The van der Waals surface area contributed by atoms with E-state index in [0.717, 1.165) is 5.92 Å². The summed E-state index contributed by atoms with van der Waals surface area (Å²) in [5, 5.41) is 0. The maximum Gasteiger partial charge on any atom is 0.0593 e. The Morgan fingerprint density at radius 1 is 0.882 bits per heavy atom. The summed E-state index contributed by atoms with van der Waals surface area (Å²) >= 11 is 0. The molecule has 2 aliphatic carbocycles. The van der Waals surface area contributed by atoms with Crippen LogP contribution in [0.2, 0.25) is 0 Å². The van der Waals surface area contributed by atoms with Crippen molar-refractivity contribution in [1.82, 2.24) is 0 Å². The van der Waals surface area contributed by atoms with Crippen LogP contribution in [-0.2, 0) is 0 Å². The Kier molecular flexibility index (Phi) is 5.85. The molecule has 2 fully saturated rings. The lowest BCUT2D eigenvalue weighted by atomic mass is 9.86. The van der Waals surface area contributed by atoms with Crippen LogP contribution in [0.4, 0.5) is 0 Å². The SMILES string of the molecule is C(=CCCC1CCCCC1)=NC1CCCCC1. The van der Waals surface area contributed by atoms with Gasteiger partial charge in [0.15, 0.2) is 0 Å². The van der Waals surface area contributed by atoms with E-state index in [4.69, 9.17) is 0 Å². The van der Waals surface area contributed by atoms with Gasteiger partial charge < -0.3 is 0 Å². The van der Waals surface area contributed by atoms with Crippen LogP contribution in [0.3, 0.4) is 0 Å². The van der Waals surface area contributed by atoms with E-state index in [-0.39, 0.29) is 0 Å². The molecule has 0 saturated heterocycles. The Labute approximate surface area is 106 Å². The zero-order valence-corrected chi connectivity index (χ0v) is 11.2. The number of hydrogen-bond acceptors (Lipinski definition) is 1. The van der Waals surface area contributed by atoms with Crippen LogP contribution in [-0.4, -0.2) is 11.9 Å². The van der Waals surface area contributed by atoms with E-state index in [1.165, 1.54) is 77.0 Å². The first kappa shape index (κ1) is 12.9. The first-order chi connectivity index (χ1) is 8.45. The minimum absolute atomic E-state index is 0.592. The van der Waals surface area contributed by atoms with Crippen LogP contribution in [0.1, 0.15) is 77.0 Å². The van der Waals surface area contributed by atoms with Gasteiger partial charge in [0.25, 0.3) is 0 Å². The molecule has 0 N–H and O–H groups in total. The topological polar surface area (TPSA) is 12.4 Å². The predicted molar refractivity (Wildman–Crippen MR) is 74.7 cm³/mol. The average Bonchev–Trinajstić information content (AvgIpc) is 2.41. The van der Waals surface area contributed by atoms with Gasteiger partial charge in [0.2, 0.25) is 0 Å². The molecule has 0 amide bonds. The normalized spacial score (nSPS) is 23.1. The quantitative estimate of drug-likeness (QED) is 0.612. The summed E-state index contributed by atoms with van der Waals surface area (Å²) in [6, 6.07) is 0.592. The summed E-state index contributed by atoms with van der Waals surface area (Å²) in [5.41, 5.74) is 0. The highest BCUT2D eigenvalue weighted by Gasteiger charge is 2.12. The van der Waals surface area contributed by atoms with Gasteiger partial charge in [-0.05, 0) is 43.5 Å². The molecule has 2 saturated carbocycles. The smallest absolute Gasteiger partial charge is 0.0593 e. The first-order valence-electron chi connectivity index (χ1n) is 7.72. The van der Waals surface area contributed by atoms with Gasteiger partial charge in [-0.15, -0.1) is 0 Å². The molecular formula is C16H27N. The van der Waals surface area contributed by atoms with Gasteiger partial charge in [-0.3, -0.25) is 0 Å². The van der Waals surface area contributed by atoms with Gasteiger partial charge in [-0.1, -0.05) is 51.4 Å². The molecule has 2 aliphatic rings. The third-order valence-electron chi connectivity index (χ3n) is 4.37. The van der Waals surface area contributed by atoms with Crippen LogP contribution in [0.15, 0.2) is 11.1 Å². The summed E-state index contributed by atoms with van der Waals surface area (Å²) in [4.78, 5) is 4.56. The average molecular weight is 233 g/mol. The van der Waals surface area contributed by atoms with Gasteiger partial charge in [-0.2, -0.15) is 0 Å². The fourth-order valence-electron chi connectivity index (χ4n) is 3.23. The molecule has 1 heteroatoms. The summed E-state index contributed by atoms with van der Waals surface area (Å²) in [6.45, 7) is 0. The maximum absolute atomic E-state index is 4.56. The Hall–Kier alpha value is -0.550. The Morgan fingerprint density at radius 2 is 1.53 bits per heavy atom. The number of aliphatic imine (C=N–C) groups is 1. The predicted octanol–water partition coefficient (Wildman–Crippen LogP) is 4.91. The van der Waals surface area contributed by atoms with E-state index in [2.05, 4.69) is 16.9 Å². The van der Waals surface area contributed by atoms with Crippen molar-refractivity contribution in [3.63, 3.8) is 0 Å². The molecule has 0 atom stereocenters. The van der Waals surface area contributed by atoms with Crippen molar-refractivity contribution in [2.45, 2.75) is 83.1 Å². The molecule has 0 radical (unpaired) electrons. The summed E-state index contributed by atoms with van der Waals surface area (Å²) in [5.74, 6) is 4.19. The first-order valence-corrected chi connectivity index (χ1v) is 7.72. The summed E-state index contributed by atoms with van der Waals surface area (Å²) < 4.78 is 0. The Morgan fingerprint density at radius 3 is 2.24 bits per heavy atom. The molecular weight excluding hydrogens is 206 g/mol. The van der Waals surface area contributed by atoms with Crippen LogP contribution in [0, 0.1) is 5.92 Å². The second-order valence-electron chi connectivity index (χ2n) is 5.84. The fraction of sp³-hybridized carbons (Fsp3) is 0.875. The standard InChI is InChI=1S/C16H27N/c1-3-9-15(10-4-1)11-7-8-14-17-16-12-5-2-6-13-16/h8,15-16H,1-7,9-13H2. The minimum atomic E-state index is 0.592. The van der Waals surface area contributed by atoms with Gasteiger partial charge in [-0.25, -0.2) is 4.99 Å². The molecule has 0 bridgehead atoms. The molecule has 0 aliphatic heterocycles. The number of allylic oxidation sites excluding steroid dienone is 1. The molecule has 0 unspecified atom stereocenters. The highest BCUT2D eigenvalue weighted by atomic mass is 14.8. The zero-order valence-electron chi connectivity index (χ0n) is 11.2. The Balaban J connectivity index is 1.61. The van der Waals surface area contributed by atoms with Crippen LogP contribution in [0.5, 0.6) is 0 Å². The minimum Gasteiger partial charge on any atom is -0.240 e. The van der Waals surface area contributed by atoms with Crippen molar-refractivity contribution >= 4 is 5.87 Å². The molecule has 17 heavy (non-hydrogen) atoms. The number of nitrogens with zero attached hydrogens (tertiary/aromatic N) is 1. The van der Waals surface area contributed by atoms with E-state index >= 15 is 0 Å². The molecule has 0 aromatic rings. The third-order valence-corrected chi connectivity index (χ3v) is 4.37. The van der Waals surface area contributed by atoms with Crippen LogP contribution in [0.25, 0.3) is 0 Å². The lowest BCUT2D eigenvalue weighted by molar-refractivity contribution is 0.341. The number of rotatable bonds is 4. The van der Waals surface area contributed by atoms with Crippen molar-refractivity contribution in [2.75, 3.05) is 0 Å². The van der Waals surface area contributed by atoms with Crippen molar-refractivity contribution < 1.29 is 0 Å². The summed E-state index contributed by atoms with van der Waals surface area (Å²) in [6.07, 6.45) is 18.8. The molecule has 0 heterocycles. The fourth-order valence-corrected chi connectivity index (χ4v) is 3.23. The maximum atomic E-state index is 4.56. The van der Waals surface area contributed by atoms with Gasteiger partial charge in [0, 0.05) is 0 Å². The summed E-state index contributed by atoms with van der Waals surface area (Å²) in [7, 11) is 0. The van der Waals surface area contributed by atoms with Crippen molar-refractivity contribution in [1.29, 1.82) is 0 Å². The van der Waals surface area contributed by atoms with E-state index in [1.54, 1.807) is 0 Å². The van der Waals surface area contributed by atoms with Gasteiger partial charge in [0.05, 0.1) is 6.04 Å². The zero-order chi connectivity index (χ0) is 11.8. The van der Waals surface area contributed by atoms with E-state index < -0.39 is 0 Å². The Bertz CT molecular complexity index is 251. The van der Waals surface area contributed by atoms with E-state index in [9.17, 15) is 0 Å². The van der Waals surface area contributed by atoms with Crippen molar-refractivity contribution in [3.8, 4) is 0 Å². The van der Waals surface area contributed by atoms with E-state index in [1.807, 2.05) is 0 Å². The molecule has 96 valence electrons. The van der Waals surface area contributed by atoms with Crippen LogP contribution < -0.4 is 0 Å². The van der Waals surface area contributed by atoms with E-state index in [0.29, 0.717) is 6.04 Å². The second-order valence-corrected chi connectivity index (χ2v) is 5.84. The van der Waals surface area contributed by atoms with Gasteiger partial charge in [0.1, 0.15) is 0 Å². The highest BCUT2D eigenvalue weighted by molar-refractivity contribution is 5.51. The molecule has 0 spiro atoms. The molecule has 2 rings (SSSR count). The molecule has 0 aromatic heterocycles. The van der Waals surface area contributed by atoms with Crippen LogP contribution >= 0.6 is 0 Å². The van der Waals surface area contributed by atoms with Crippen molar-refractivity contribution in [3.05, 3.63) is 6.08 Å². The third kappa shape index (κ3) is 5.08. The highest BCUT2D eigenvalue weighted by Crippen LogP contribution is 2.27. The molecule has 0 aromatic carbocycles. The largest absolute Gasteiger partial charge is 0.240 e. The monoisotopic (exact) mass is 233 g/mol. The van der Waals surface area contributed by atoms with Crippen molar-refractivity contribution in [2.24, 2.45) is 10.9 Å². The molecule has 1 nitrogen and oxygen atoms in total.